The highest BCUT2D eigenvalue weighted by Gasteiger charge is 2.13. The van der Waals surface area contributed by atoms with Gasteiger partial charge in [-0.15, -0.1) is 11.3 Å². The third-order valence-corrected chi connectivity index (χ3v) is 4.93. The number of thiophene rings is 1. The zero-order chi connectivity index (χ0) is 20.8. The maximum absolute atomic E-state index is 12.6. The topological polar surface area (TPSA) is 84.2 Å². The molecule has 0 aliphatic rings. The molecule has 0 radical (unpaired) electrons. The first-order chi connectivity index (χ1) is 14.7. The summed E-state index contributed by atoms with van der Waals surface area (Å²) in [6.07, 6.45) is 3.12. The summed E-state index contributed by atoms with van der Waals surface area (Å²) in [5.74, 6) is 5.59. The van der Waals surface area contributed by atoms with E-state index >= 15 is 0 Å². The molecule has 4 aromatic rings. The van der Waals surface area contributed by atoms with Crippen molar-refractivity contribution in [1.82, 2.24) is 4.98 Å². The average Bonchev–Trinajstić information content (AvgIpc) is 3.46. The molecule has 1 aromatic carbocycles. The maximum atomic E-state index is 12.6. The van der Waals surface area contributed by atoms with E-state index in [2.05, 4.69) is 27.5 Å². The summed E-state index contributed by atoms with van der Waals surface area (Å²) in [7, 11) is 0. The Balaban J connectivity index is 1.41. The van der Waals surface area contributed by atoms with E-state index in [1.54, 1.807) is 42.6 Å². The van der Waals surface area contributed by atoms with E-state index in [0.29, 0.717) is 21.3 Å². The van der Waals surface area contributed by atoms with Gasteiger partial charge in [0.25, 0.3) is 11.8 Å². The van der Waals surface area contributed by atoms with Crippen LogP contribution in [0.15, 0.2) is 83.6 Å². The van der Waals surface area contributed by atoms with E-state index in [1.807, 2.05) is 30.3 Å². The minimum Gasteiger partial charge on any atom is -0.459 e. The maximum Gasteiger partial charge on any atom is 0.291 e. The molecule has 2 amide bonds. The first-order valence-electron chi connectivity index (χ1n) is 8.96. The third-order valence-electron chi connectivity index (χ3n) is 3.93. The Bertz CT molecular complexity index is 1240. The lowest BCUT2D eigenvalue weighted by Crippen LogP contribution is -2.10. The second kappa shape index (κ2) is 8.90. The van der Waals surface area contributed by atoms with Crippen LogP contribution in [0.4, 0.5) is 10.7 Å². The van der Waals surface area contributed by atoms with Crippen LogP contribution in [0.5, 0.6) is 0 Å². The van der Waals surface area contributed by atoms with Crippen LogP contribution in [-0.4, -0.2) is 16.8 Å². The van der Waals surface area contributed by atoms with E-state index in [-0.39, 0.29) is 17.6 Å². The largest absolute Gasteiger partial charge is 0.459 e. The Labute approximate surface area is 176 Å². The van der Waals surface area contributed by atoms with Crippen molar-refractivity contribution in [2.24, 2.45) is 0 Å². The van der Waals surface area contributed by atoms with Crippen molar-refractivity contribution in [2.75, 3.05) is 10.6 Å². The summed E-state index contributed by atoms with van der Waals surface area (Å²) in [5, 5.41) is 6.11. The van der Waals surface area contributed by atoms with Gasteiger partial charge in [-0.1, -0.05) is 18.1 Å². The second-order valence-corrected chi connectivity index (χ2v) is 7.18. The number of furan rings is 1. The van der Waals surface area contributed by atoms with Gasteiger partial charge in [-0.2, -0.15) is 0 Å². The highest BCUT2D eigenvalue weighted by molar-refractivity contribution is 7.18. The van der Waals surface area contributed by atoms with Gasteiger partial charge >= 0.3 is 0 Å². The van der Waals surface area contributed by atoms with Crippen LogP contribution < -0.4 is 10.6 Å². The van der Waals surface area contributed by atoms with Crippen LogP contribution in [0.25, 0.3) is 0 Å². The second-order valence-electron chi connectivity index (χ2n) is 6.10. The van der Waals surface area contributed by atoms with Gasteiger partial charge in [0.15, 0.2) is 5.76 Å². The molecule has 0 saturated carbocycles. The predicted molar refractivity (Wildman–Crippen MR) is 116 cm³/mol. The molecule has 3 heterocycles. The Morgan fingerprint density at radius 1 is 0.900 bits per heavy atom. The van der Waals surface area contributed by atoms with Crippen LogP contribution in [0.3, 0.4) is 0 Å². The quantitative estimate of drug-likeness (QED) is 0.478. The molecular weight excluding hydrogens is 398 g/mol. The van der Waals surface area contributed by atoms with Crippen LogP contribution in [0.2, 0.25) is 0 Å². The summed E-state index contributed by atoms with van der Waals surface area (Å²) in [5.41, 5.74) is 2.06. The molecule has 0 atom stereocenters. The summed E-state index contributed by atoms with van der Waals surface area (Å²) >= 11 is 1.18. The van der Waals surface area contributed by atoms with E-state index in [1.165, 1.54) is 17.6 Å². The van der Waals surface area contributed by atoms with E-state index < -0.39 is 0 Å². The molecule has 146 valence electrons. The average molecular weight is 413 g/mol. The van der Waals surface area contributed by atoms with Crippen molar-refractivity contribution in [3.63, 3.8) is 0 Å². The number of amides is 2. The highest BCUT2D eigenvalue weighted by Crippen LogP contribution is 2.24. The molecule has 3 aromatic heterocycles. The monoisotopic (exact) mass is 413 g/mol. The predicted octanol–water partition coefficient (Wildman–Crippen LogP) is 4.64. The first-order valence-corrected chi connectivity index (χ1v) is 9.78. The summed E-state index contributed by atoms with van der Waals surface area (Å²) in [6, 6.07) is 19.3. The Morgan fingerprint density at radius 2 is 1.83 bits per heavy atom. The number of pyridine rings is 1. The zero-order valence-corrected chi connectivity index (χ0v) is 16.4. The fraction of sp³-hybridized carbons (Fsp3) is 0. The lowest BCUT2D eigenvalue weighted by Gasteiger charge is -2.04. The SMILES string of the molecule is O=C(Nc1ccc(C(=O)Nc2cccc(C#Cc3ccccn3)c2)s1)c1ccco1. The van der Waals surface area contributed by atoms with Gasteiger partial charge in [0.1, 0.15) is 5.69 Å². The van der Waals surface area contributed by atoms with Gasteiger partial charge in [0, 0.05) is 17.4 Å². The minimum absolute atomic E-state index is 0.207. The molecule has 2 N–H and O–H groups in total. The van der Waals surface area contributed by atoms with Crippen molar-refractivity contribution < 1.29 is 14.0 Å². The number of anilines is 2. The molecule has 0 fully saturated rings. The Kier molecular flexibility index (Phi) is 5.69. The molecule has 0 aliphatic heterocycles. The van der Waals surface area contributed by atoms with Gasteiger partial charge in [-0.05, 0) is 60.5 Å². The number of hydrogen-bond donors (Lipinski definition) is 2. The first kappa shape index (κ1) is 19.2. The molecule has 0 spiro atoms. The normalized spacial score (nSPS) is 10.0. The summed E-state index contributed by atoms with van der Waals surface area (Å²) in [4.78, 5) is 29.2. The van der Waals surface area contributed by atoms with Crippen LogP contribution in [-0.2, 0) is 0 Å². The smallest absolute Gasteiger partial charge is 0.291 e. The Hall–Kier alpha value is -4.15. The number of rotatable bonds is 4. The van der Waals surface area contributed by atoms with E-state index in [0.717, 1.165) is 5.56 Å². The molecule has 30 heavy (non-hydrogen) atoms. The zero-order valence-electron chi connectivity index (χ0n) is 15.6. The number of carbonyl (C=O) groups excluding carboxylic acids is 2. The third kappa shape index (κ3) is 4.82. The molecule has 7 heteroatoms. The van der Waals surface area contributed by atoms with Gasteiger partial charge in [-0.3, -0.25) is 9.59 Å². The Morgan fingerprint density at radius 3 is 2.63 bits per heavy atom. The number of nitrogens with one attached hydrogen (secondary N) is 2. The number of carbonyl (C=O) groups is 2. The number of hydrogen-bond acceptors (Lipinski definition) is 5. The van der Waals surface area contributed by atoms with Gasteiger partial charge in [0.05, 0.1) is 16.1 Å². The number of aromatic nitrogens is 1. The molecular formula is C23H15N3O3S. The van der Waals surface area contributed by atoms with Gasteiger partial charge in [-0.25, -0.2) is 4.98 Å². The lowest BCUT2D eigenvalue weighted by atomic mass is 10.2. The van der Waals surface area contributed by atoms with E-state index in [9.17, 15) is 9.59 Å². The van der Waals surface area contributed by atoms with Gasteiger partial charge in [0.2, 0.25) is 0 Å². The van der Waals surface area contributed by atoms with Crippen LogP contribution in [0, 0.1) is 11.8 Å². The standard InChI is InChI=1S/C23H15N3O3S/c27-22(19-8-4-14-29-19)26-21-12-11-20(30-21)23(28)25-18-7-3-5-16(15-18)9-10-17-6-1-2-13-24-17/h1-8,11-15H,(H,25,28)(H,26,27). The molecule has 0 saturated heterocycles. The van der Waals surface area contributed by atoms with Crippen molar-refractivity contribution in [2.45, 2.75) is 0 Å². The molecule has 6 nitrogen and oxygen atoms in total. The summed E-state index contributed by atoms with van der Waals surface area (Å²) in [6.45, 7) is 0. The molecule has 0 bridgehead atoms. The molecule has 0 aliphatic carbocycles. The van der Waals surface area contributed by atoms with Crippen molar-refractivity contribution >= 4 is 33.8 Å². The fourth-order valence-electron chi connectivity index (χ4n) is 2.55. The minimum atomic E-state index is -0.368. The highest BCUT2D eigenvalue weighted by atomic mass is 32.1. The van der Waals surface area contributed by atoms with Crippen molar-refractivity contribution in [1.29, 1.82) is 0 Å². The lowest BCUT2D eigenvalue weighted by molar-refractivity contribution is 0.0995. The van der Waals surface area contributed by atoms with Gasteiger partial charge < -0.3 is 15.1 Å². The van der Waals surface area contributed by atoms with E-state index in [4.69, 9.17) is 4.42 Å². The number of benzene rings is 1. The van der Waals surface area contributed by atoms with Crippen molar-refractivity contribution in [3.8, 4) is 11.8 Å². The summed E-state index contributed by atoms with van der Waals surface area (Å²) < 4.78 is 5.06. The molecule has 4 rings (SSSR count). The van der Waals surface area contributed by atoms with Crippen LogP contribution >= 0.6 is 11.3 Å². The fourth-order valence-corrected chi connectivity index (χ4v) is 3.35. The van der Waals surface area contributed by atoms with Crippen molar-refractivity contribution in [3.05, 3.63) is 101 Å². The van der Waals surface area contributed by atoms with Crippen LogP contribution in [0.1, 0.15) is 31.5 Å². The molecule has 0 unspecified atom stereocenters. The number of nitrogens with zero attached hydrogens (tertiary/aromatic N) is 1.